The van der Waals surface area contributed by atoms with Crippen LogP contribution in [0.4, 0.5) is 10.5 Å². The summed E-state index contributed by atoms with van der Waals surface area (Å²) in [4.78, 5) is 39.4. The van der Waals surface area contributed by atoms with Gasteiger partial charge in [0, 0.05) is 27.9 Å². The molecule has 1 aromatic heterocycles. The molecule has 10 heteroatoms. The number of alkyl carbamates (subject to hydrolysis) is 1. The first-order chi connectivity index (χ1) is 18.3. The van der Waals surface area contributed by atoms with Crippen molar-refractivity contribution in [3.8, 4) is 0 Å². The fraction of sp³-hybridized carbons (Fsp3) is 0.143. The Morgan fingerprint density at radius 2 is 1.97 bits per heavy atom. The maximum Gasteiger partial charge on any atom is 0.409 e. The van der Waals surface area contributed by atoms with E-state index in [-0.39, 0.29) is 5.91 Å². The molecule has 38 heavy (non-hydrogen) atoms. The predicted molar refractivity (Wildman–Crippen MR) is 143 cm³/mol. The number of anilines is 1. The van der Waals surface area contributed by atoms with Gasteiger partial charge in [0.15, 0.2) is 11.5 Å². The number of allylic oxidation sites excluding steroid dienone is 1. The number of nitrogens with zero attached hydrogens (tertiary/aromatic N) is 3. The summed E-state index contributed by atoms with van der Waals surface area (Å²) in [5.74, 6) is 0.0143. The first-order valence-electron chi connectivity index (χ1n) is 11.8. The second kappa shape index (κ2) is 8.54. The number of amides is 2. The summed E-state index contributed by atoms with van der Waals surface area (Å²) in [6, 6.07) is 17.4. The van der Waals surface area contributed by atoms with Crippen molar-refractivity contribution < 1.29 is 19.4 Å². The fourth-order valence-electron chi connectivity index (χ4n) is 5.02. The number of carbonyl (C=O) groups excluding carboxylic acids is 2. The maximum atomic E-state index is 13.7. The number of H-pyrrole nitrogens is 1. The van der Waals surface area contributed by atoms with Crippen molar-refractivity contribution in [2.24, 2.45) is 4.99 Å². The van der Waals surface area contributed by atoms with Gasteiger partial charge in [0.25, 0.3) is 5.91 Å². The highest BCUT2D eigenvalue weighted by molar-refractivity contribution is 6.31. The van der Waals surface area contributed by atoms with Crippen LogP contribution in [0.25, 0.3) is 11.0 Å². The third-order valence-electron chi connectivity index (χ3n) is 6.90. The van der Waals surface area contributed by atoms with Crippen LogP contribution in [0.15, 0.2) is 77.8 Å². The van der Waals surface area contributed by atoms with Crippen LogP contribution in [-0.4, -0.2) is 40.4 Å². The summed E-state index contributed by atoms with van der Waals surface area (Å²) in [6.07, 6.45) is 4.27. The zero-order valence-electron chi connectivity index (χ0n) is 20.4. The van der Waals surface area contributed by atoms with Crippen molar-refractivity contribution in [1.82, 2.24) is 15.3 Å². The van der Waals surface area contributed by atoms with E-state index in [9.17, 15) is 14.7 Å². The van der Waals surface area contributed by atoms with E-state index in [1.165, 1.54) is 12.0 Å². The van der Waals surface area contributed by atoms with E-state index in [4.69, 9.17) is 21.3 Å². The summed E-state index contributed by atoms with van der Waals surface area (Å²) in [5, 5.41) is 15.6. The third kappa shape index (κ3) is 3.43. The number of carbonyl (C=O) groups is 2. The monoisotopic (exact) mass is 527 g/mol. The highest BCUT2D eigenvalue weighted by atomic mass is 35.5. The Labute approximate surface area is 222 Å². The van der Waals surface area contributed by atoms with Gasteiger partial charge in [0.05, 0.1) is 23.8 Å². The van der Waals surface area contributed by atoms with Gasteiger partial charge in [-0.1, -0.05) is 41.9 Å². The number of aromatic nitrogens is 2. The highest BCUT2D eigenvalue weighted by Crippen LogP contribution is 2.46. The first kappa shape index (κ1) is 23.9. The molecule has 0 spiro atoms. The molecule has 2 atom stereocenters. The molecule has 0 radical (unpaired) electrons. The van der Waals surface area contributed by atoms with Crippen LogP contribution in [0, 0.1) is 6.92 Å². The molecule has 190 valence electrons. The minimum Gasteiger partial charge on any atom is -0.453 e. The Morgan fingerprint density at radius 3 is 2.74 bits per heavy atom. The number of benzene rings is 3. The van der Waals surface area contributed by atoms with Crippen molar-refractivity contribution in [1.29, 1.82) is 0 Å². The number of fused-ring (bicyclic) bond motifs is 2. The standard InChI is InChI=1S/C28H22ClN5O4/c1-16-8-10-18(29)15-23(16)34-24(35)19-6-3-4-7-20(19)28(34,37)17-9-11-21-22(14-17)32-25(31-21)27(12-5-13-30-27)33-26(36)38-2/h3-15,37H,1-2H3,(H,31,32)(H,33,36). The number of hydrogen-bond donors (Lipinski definition) is 3. The molecule has 3 heterocycles. The molecule has 4 aromatic rings. The number of halogens is 1. The summed E-state index contributed by atoms with van der Waals surface area (Å²) in [7, 11) is 1.27. The number of ether oxygens (including phenoxy) is 1. The Bertz CT molecular complexity index is 1680. The average Bonchev–Trinajstić information content (AvgIpc) is 3.62. The first-order valence-corrected chi connectivity index (χ1v) is 12.2. The Balaban J connectivity index is 1.52. The molecule has 3 aromatic carbocycles. The zero-order chi connectivity index (χ0) is 26.7. The topological polar surface area (TPSA) is 120 Å². The molecule has 2 aliphatic heterocycles. The lowest BCUT2D eigenvalue weighted by atomic mass is 9.93. The molecule has 2 aliphatic rings. The number of nitrogens with one attached hydrogen (secondary N) is 2. The van der Waals surface area contributed by atoms with Gasteiger partial charge in [-0.05, 0) is 55.0 Å². The summed E-state index contributed by atoms with van der Waals surface area (Å²) >= 11 is 6.31. The molecular formula is C28H22ClN5O4. The SMILES string of the molecule is COC(=O)NC1(c2nc3cc(C4(O)c5ccccc5C(=O)N4c4cc(Cl)ccc4C)ccc3[nH]2)C=CC=N1. The Morgan fingerprint density at radius 1 is 1.16 bits per heavy atom. The lowest BCUT2D eigenvalue weighted by molar-refractivity contribution is 0.0703. The molecule has 2 amide bonds. The van der Waals surface area contributed by atoms with E-state index in [1.54, 1.807) is 79.0 Å². The smallest absolute Gasteiger partial charge is 0.409 e. The van der Waals surface area contributed by atoms with Gasteiger partial charge in [0.1, 0.15) is 0 Å². The van der Waals surface area contributed by atoms with E-state index < -0.39 is 17.5 Å². The molecular weight excluding hydrogens is 506 g/mol. The number of aliphatic hydroxyl groups is 1. The Kier molecular flexibility index (Phi) is 5.37. The maximum absolute atomic E-state index is 13.7. The molecule has 2 unspecified atom stereocenters. The molecule has 0 saturated carbocycles. The van der Waals surface area contributed by atoms with E-state index >= 15 is 0 Å². The quantitative estimate of drug-likeness (QED) is 0.360. The van der Waals surface area contributed by atoms with Crippen LogP contribution in [0.1, 0.15) is 32.9 Å². The minimum atomic E-state index is -1.83. The number of aliphatic imine (C=N–C) groups is 1. The molecule has 6 rings (SSSR count). The van der Waals surface area contributed by atoms with Gasteiger partial charge in [-0.15, -0.1) is 0 Å². The summed E-state index contributed by atoms with van der Waals surface area (Å²) in [6.45, 7) is 1.86. The van der Waals surface area contributed by atoms with Crippen LogP contribution < -0.4 is 10.2 Å². The van der Waals surface area contributed by atoms with Crippen LogP contribution in [0.5, 0.6) is 0 Å². The van der Waals surface area contributed by atoms with Gasteiger partial charge in [0.2, 0.25) is 5.66 Å². The lowest BCUT2D eigenvalue weighted by Crippen LogP contribution is -2.45. The molecule has 9 nitrogen and oxygen atoms in total. The van der Waals surface area contributed by atoms with Gasteiger partial charge in [-0.3, -0.25) is 20.0 Å². The molecule has 0 aliphatic carbocycles. The van der Waals surface area contributed by atoms with Crippen LogP contribution in [0.3, 0.4) is 0 Å². The van der Waals surface area contributed by atoms with E-state index in [1.807, 2.05) is 6.92 Å². The summed E-state index contributed by atoms with van der Waals surface area (Å²) in [5.41, 5.74) is 0.613. The number of rotatable bonds is 4. The second-order valence-corrected chi connectivity index (χ2v) is 9.56. The predicted octanol–water partition coefficient (Wildman–Crippen LogP) is 4.53. The second-order valence-electron chi connectivity index (χ2n) is 9.13. The number of aryl methyl sites for hydroxylation is 1. The van der Waals surface area contributed by atoms with Crippen molar-refractivity contribution in [3.05, 3.63) is 106 Å². The van der Waals surface area contributed by atoms with E-state index in [2.05, 4.69) is 15.3 Å². The fourth-order valence-corrected chi connectivity index (χ4v) is 5.19. The van der Waals surface area contributed by atoms with E-state index in [0.717, 1.165) is 5.56 Å². The van der Waals surface area contributed by atoms with Gasteiger partial charge >= 0.3 is 6.09 Å². The number of imidazole rings is 1. The minimum absolute atomic E-state index is 0.344. The van der Waals surface area contributed by atoms with Crippen molar-refractivity contribution in [3.63, 3.8) is 0 Å². The van der Waals surface area contributed by atoms with Gasteiger partial charge in [-0.25, -0.2) is 9.78 Å². The number of hydrogen-bond acceptors (Lipinski definition) is 6. The van der Waals surface area contributed by atoms with Gasteiger partial charge in [-0.2, -0.15) is 0 Å². The largest absolute Gasteiger partial charge is 0.453 e. The summed E-state index contributed by atoms with van der Waals surface area (Å²) < 4.78 is 4.77. The molecule has 0 bridgehead atoms. The number of aromatic amines is 1. The van der Waals surface area contributed by atoms with Crippen LogP contribution in [0.2, 0.25) is 5.02 Å². The third-order valence-corrected chi connectivity index (χ3v) is 7.13. The van der Waals surface area contributed by atoms with Crippen molar-refractivity contribution >= 4 is 46.5 Å². The lowest BCUT2D eigenvalue weighted by Gasteiger charge is -2.35. The van der Waals surface area contributed by atoms with E-state index in [0.29, 0.717) is 44.3 Å². The van der Waals surface area contributed by atoms with Crippen LogP contribution in [-0.2, 0) is 16.1 Å². The average molecular weight is 528 g/mol. The molecule has 0 saturated heterocycles. The van der Waals surface area contributed by atoms with Gasteiger partial charge < -0.3 is 14.8 Å². The van der Waals surface area contributed by atoms with Crippen molar-refractivity contribution in [2.75, 3.05) is 12.0 Å². The Hall–Kier alpha value is -4.47. The van der Waals surface area contributed by atoms with Crippen LogP contribution >= 0.6 is 11.6 Å². The molecule has 3 N–H and O–H groups in total. The zero-order valence-corrected chi connectivity index (χ0v) is 21.2. The number of methoxy groups -OCH3 is 1. The normalized spacial score (nSPS) is 21.8. The molecule has 0 fully saturated rings. The van der Waals surface area contributed by atoms with Crippen molar-refractivity contribution in [2.45, 2.75) is 18.3 Å². The highest BCUT2D eigenvalue weighted by Gasteiger charge is 2.51.